The Kier molecular flexibility index (Phi) is 4.87. The van der Waals surface area contributed by atoms with Crippen molar-refractivity contribution in [1.82, 2.24) is 10.3 Å². The number of aromatic nitrogens is 1. The van der Waals surface area contributed by atoms with Crippen molar-refractivity contribution in [2.45, 2.75) is 12.6 Å². The van der Waals surface area contributed by atoms with Gasteiger partial charge in [-0.05, 0) is 17.7 Å². The van der Waals surface area contributed by atoms with Gasteiger partial charge in [0.1, 0.15) is 6.61 Å². The highest BCUT2D eigenvalue weighted by Gasteiger charge is 2.23. The summed E-state index contributed by atoms with van der Waals surface area (Å²) in [6.45, 7) is 0.0707. The van der Waals surface area contributed by atoms with Crippen LogP contribution in [0.3, 0.4) is 0 Å². The zero-order chi connectivity index (χ0) is 15.1. The molecular weight excluding hydrogens is 272 g/mol. The lowest BCUT2D eigenvalue weighted by molar-refractivity contribution is -0.139. The summed E-state index contributed by atoms with van der Waals surface area (Å²) in [5.74, 6) is -1.20. The predicted octanol–water partition coefficient (Wildman–Crippen LogP) is 2.13. The Morgan fingerprint density at radius 3 is 2.48 bits per heavy atom. The maximum absolute atomic E-state index is 11.7. The van der Waals surface area contributed by atoms with Crippen molar-refractivity contribution in [3.63, 3.8) is 0 Å². The second-order valence-electron chi connectivity index (χ2n) is 4.23. The number of ether oxygens (including phenoxy) is 1. The van der Waals surface area contributed by atoms with E-state index in [2.05, 4.69) is 10.3 Å². The Labute approximate surface area is 121 Å². The van der Waals surface area contributed by atoms with Crippen molar-refractivity contribution in [1.29, 1.82) is 0 Å². The smallest absolute Gasteiger partial charge is 0.408 e. The van der Waals surface area contributed by atoms with E-state index in [1.54, 1.807) is 24.3 Å². The van der Waals surface area contributed by atoms with Gasteiger partial charge in [0.05, 0.1) is 5.69 Å². The number of rotatable bonds is 5. The number of alkyl carbamates (subject to hydrolysis) is 1. The van der Waals surface area contributed by atoms with Gasteiger partial charge in [-0.15, -0.1) is 0 Å². The number of carbonyl (C=O) groups is 2. The van der Waals surface area contributed by atoms with Gasteiger partial charge in [-0.3, -0.25) is 4.98 Å². The summed E-state index contributed by atoms with van der Waals surface area (Å²) in [5, 5.41) is 11.4. The van der Waals surface area contributed by atoms with Gasteiger partial charge in [0, 0.05) is 6.20 Å². The van der Waals surface area contributed by atoms with Gasteiger partial charge in [0.2, 0.25) is 0 Å². The molecule has 1 amide bonds. The first-order valence-corrected chi connectivity index (χ1v) is 6.28. The van der Waals surface area contributed by atoms with Gasteiger partial charge in [0.15, 0.2) is 6.04 Å². The number of hydrogen-bond acceptors (Lipinski definition) is 4. The number of benzene rings is 1. The van der Waals surface area contributed by atoms with Crippen LogP contribution in [0.15, 0.2) is 54.7 Å². The minimum atomic E-state index is -1.24. The monoisotopic (exact) mass is 286 g/mol. The first-order chi connectivity index (χ1) is 10.2. The van der Waals surface area contributed by atoms with E-state index in [-0.39, 0.29) is 12.3 Å². The number of hydrogen-bond donors (Lipinski definition) is 2. The van der Waals surface area contributed by atoms with E-state index in [1.807, 2.05) is 18.2 Å². The van der Waals surface area contributed by atoms with Crippen molar-refractivity contribution in [2.75, 3.05) is 0 Å². The van der Waals surface area contributed by atoms with E-state index in [0.717, 1.165) is 5.56 Å². The van der Waals surface area contributed by atoms with Crippen LogP contribution in [0.1, 0.15) is 17.3 Å². The van der Waals surface area contributed by atoms with Gasteiger partial charge >= 0.3 is 12.1 Å². The summed E-state index contributed by atoms with van der Waals surface area (Å²) in [7, 11) is 0. The molecule has 0 bridgehead atoms. The molecule has 1 aromatic carbocycles. The Balaban J connectivity index is 1.95. The molecule has 0 spiro atoms. The minimum Gasteiger partial charge on any atom is -0.479 e. The minimum absolute atomic E-state index is 0.0707. The summed E-state index contributed by atoms with van der Waals surface area (Å²) >= 11 is 0. The molecule has 1 atom stereocenters. The standard InChI is InChI=1S/C15H14N2O4/c18-14(19)13(12-8-4-5-9-16-12)17-15(20)21-10-11-6-2-1-3-7-11/h1-9,13H,10H2,(H,17,20)(H,18,19). The number of carbonyl (C=O) groups excluding carboxylic acids is 1. The molecule has 2 rings (SSSR count). The molecule has 0 radical (unpaired) electrons. The maximum atomic E-state index is 11.7. The average molecular weight is 286 g/mol. The summed E-state index contributed by atoms with van der Waals surface area (Å²) in [4.78, 5) is 26.8. The van der Waals surface area contributed by atoms with E-state index in [0.29, 0.717) is 0 Å². The molecule has 0 fully saturated rings. The molecule has 0 saturated carbocycles. The topological polar surface area (TPSA) is 88.5 Å². The van der Waals surface area contributed by atoms with Crippen molar-refractivity contribution in [3.8, 4) is 0 Å². The van der Waals surface area contributed by atoms with Crippen LogP contribution in [0.25, 0.3) is 0 Å². The molecule has 0 aliphatic heterocycles. The largest absolute Gasteiger partial charge is 0.479 e. The first-order valence-electron chi connectivity index (χ1n) is 6.28. The van der Waals surface area contributed by atoms with Crippen LogP contribution < -0.4 is 5.32 Å². The van der Waals surface area contributed by atoms with Crippen LogP contribution in [-0.2, 0) is 16.1 Å². The molecule has 21 heavy (non-hydrogen) atoms. The van der Waals surface area contributed by atoms with Crippen molar-refractivity contribution >= 4 is 12.1 Å². The Morgan fingerprint density at radius 1 is 1.14 bits per heavy atom. The van der Waals surface area contributed by atoms with Gasteiger partial charge in [-0.1, -0.05) is 36.4 Å². The fraction of sp³-hybridized carbons (Fsp3) is 0.133. The van der Waals surface area contributed by atoms with Gasteiger partial charge < -0.3 is 15.2 Å². The molecule has 6 heteroatoms. The Bertz CT molecular complexity index is 602. The Hall–Kier alpha value is -2.89. The summed E-state index contributed by atoms with van der Waals surface area (Å²) in [6, 6.07) is 12.7. The zero-order valence-electron chi connectivity index (χ0n) is 11.1. The van der Waals surface area contributed by atoms with Crippen molar-refractivity contribution in [2.24, 2.45) is 0 Å². The van der Waals surface area contributed by atoms with E-state index in [4.69, 9.17) is 9.84 Å². The number of carboxylic acid groups (broad SMARTS) is 1. The average Bonchev–Trinajstić information content (AvgIpc) is 2.52. The lowest BCUT2D eigenvalue weighted by Gasteiger charge is -2.14. The summed E-state index contributed by atoms with van der Waals surface area (Å²) in [5.41, 5.74) is 1.05. The molecule has 0 aliphatic rings. The van der Waals surface area contributed by atoms with Gasteiger partial charge in [0.25, 0.3) is 0 Å². The molecule has 1 unspecified atom stereocenters. The molecule has 1 aromatic heterocycles. The van der Waals surface area contributed by atoms with Crippen LogP contribution in [0.4, 0.5) is 4.79 Å². The lowest BCUT2D eigenvalue weighted by atomic mass is 10.2. The summed E-state index contributed by atoms with van der Waals surface area (Å²) < 4.78 is 4.99. The number of carboxylic acids is 1. The van der Waals surface area contributed by atoms with Gasteiger partial charge in [-0.25, -0.2) is 9.59 Å². The van der Waals surface area contributed by atoms with E-state index < -0.39 is 18.1 Å². The maximum Gasteiger partial charge on any atom is 0.408 e. The van der Waals surface area contributed by atoms with Gasteiger partial charge in [-0.2, -0.15) is 0 Å². The van der Waals surface area contributed by atoms with E-state index in [1.165, 1.54) is 12.3 Å². The second kappa shape index (κ2) is 7.04. The number of amides is 1. The Morgan fingerprint density at radius 2 is 1.86 bits per heavy atom. The molecular formula is C15H14N2O4. The summed E-state index contributed by atoms with van der Waals surface area (Å²) in [6.07, 6.45) is 0.652. The van der Waals surface area contributed by atoms with Crippen LogP contribution >= 0.6 is 0 Å². The van der Waals surface area contributed by atoms with Crippen molar-refractivity contribution in [3.05, 3.63) is 66.0 Å². The molecule has 108 valence electrons. The number of nitrogens with zero attached hydrogens (tertiary/aromatic N) is 1. The molecule has 0 saturated heterocycles. The van der Waals surface area contributed by atoms with E-state index >= 15 is 0 Å². The fourth-order valence-corrected chi connectivity index (χ4v) is 1.69. The molecule has 6 nitrogen and oxygen atoms in total. The number of pyridine rings is 1. The lowest BCUT2D eigenvalue weighted by Crippen LogP contribution is -2.34. The zero-order valence-corrected chi connectivity index (χ0v) is 11.1. The normalized spacial score (nSPS) is 11.4. The highest BCUT2D eigenvalue weighted by Crippen LogP contribution is 2.10. The third-order valence-corrected chi connectivity index (χ3v) is 2.71. The molecule has 2 aromatic rings. The number of aliphatic carboxylic acids is 1. The third kappa shape index (κ3) is 4.31. The predicted molar refractivity (Wildman–Crippen MR) is 74.4 cm³/mol. The van der Waals surface area contributed by atoms with Crippen LogP contribution in [-0.4, -0.2) is 22.2 Å². The van der Waals surface area contributed by atoms with Crippen LogP contribution in [0, 0.1) is 0 Å². The molecule has 1 heterocycles. The highest BCUT2D eigenvalue weighted by molar-refractivity contribution is 5.80. The third-order valence-electron chi connectivity index (χ3n) is 2.71. The van der Waals surface area contributed by atoms with Crippen LogP contribution in [0.5, 0.6) is 0 Å². The number of nitrogens with one attached hydrogen (secondary N) is 1. The van der Waals surface area contributed by atoms with Crippen LogP contribution in [0.2, 0.25) is 0 Å². The quantitative estimate of drug-likeness (QED) is 0.879. The van der Waals surface area contributed by atoms with E-state index in [9.17, 15) is 9.59 Å². The molecule has 2 N–H and O–H groups in total. The van der Waals surface area contributed by atoms with Crippen molar-refractivity contribution < 1.29 is 19.4 Å². The first kappa shape index (κ1) is 14.5. The second-order valence-corrected chi connectivity index (χ2v) is 4.23. The molecule has 0 aliphatic carbocycles. The highest BCUT2D eigenvalue weighted by atomic mass is 16.5. The fourth-order valence-electron chi connectivity index (χ4n) is 1.69. The SMILES string of the molecule is O=C(NC(C(=O)O)c1ccccn1)OCc1ccccc1.